The van der Waals surface area contributed by atoms with Gasteiger partial charge in [-0.2, -0.15) is 0 Å². The van der Waals surface area contributed by atoms with Crippen LogP contribution in [0, 0.1) is 5.41 Å². The molecule has 1 aliphatic heterocycles. The average molecular weight is 521 g/mol. The zero-order valence-corrected chi connectivity index (χ0v) is 21.0. The Morgan fingerprint density at radius 1 is 1.09 bits per heavy atom. The minimum atomic E-state index is -0.994. The summed E-state index contributed by atoms with van der Waals surface area (Å²) in [7, 11) is 0. The predicted octanol–water partition coefficient (Wildman–Crippen LogP) is 3.86. The monoisotopic (exact) mass is 521 g/mol. The van der Waals surface area contributed by atoms with Crippen LogP contribution in [0.5, 0.6) is 0 Å². The Morgan fingerprint density at radius 2 is 1.81 bits per heavy atom. The normalized spacial score (nSPS) is 20.4. The molecule has 0 fully saturated rings. The Bertz CT molecular complexity index is 994. The fourth-order valence-electron chi connectivity index (χ4n) is 3.94. The van der Waals surface area contributed by atoms with Crippen molar-refractivity contribution in [2.45, 2.75) is 32.0 Å². The second kappa shape index (κ2) is 11.0. The van der Waals surface area contributed by atoms with Crippen LogP contribution in [0.25, 0.3) is 0 Å². The number of ether oxygens (including phenoxy) is 2. The van der Waals surface area contributed by atoms with Crippen molar-refractivity contribution in [3.63, 3.8) is 0 Å². The summed E-state index contributed by atoms with van der Waals surface area (Å²) in [6.07, 6.45) is 0. The van der Waals surface area contributed by atoms with Crippen molar-refractivity contribution in [2.75, 3.05) is 19.8 Å². The van der Waals surface area contributed by atoms with E-state index < -0.39 is 17.3 Å². The number of hydrogen-bond donors (Lipinski definition) is 1. The minimum absolute atomic E-state index is 0.109. The van der Waals surface area contributed by atoms with Crippen LogP contribution in [-0.2, 0) is 19.1 Å². The number of halogens is 1. The standard InChI is InChI=1S/C25H28ClNO4Se/c1-4-30-23(28)21-20(15-32-19-12-7-6-8-13-19)27-16-25(3,24(29)31-5-2)22(21)17-10-9-11-18(26)14-17/h6-14,22,27H,4-5,15-16H2,1-3H3. The molecule has 2 aromatic carbocycles. The van der Waals surface area contributed by atoms with Gasteiger partial charge in [0, 0.05) is 0 Å². The third kappa shape index (κ3) is 5.37. The molecule has 0 aromatic heterocycles. The molecule has 3 rings (SSSR count). The fraction of sp³-hybridized carbons (Fsp3) is 0.360. The van der Waals surface area contributed by atoms with Crippen LogP contribution in [0.15, 0.2) is 65.9 Å². The van der Waals surface area contributed by atoms with Crippen molar-refractivity contribution in [3.05, 3.63) is 76.5 Å². The van der Waals surface area contributed by atoms with Gasteiger partial charge < -0.3 is 0 Å². The van der Waals surface area contributed by atoms with Gasteiger partial charge >= 0.3 is 201 Å². The summed E-state index contributed by atoms with van der Waals surface area (Å²) in [6, 6.07) is 17.5. The summed E-state index contributed by atoms with van der Waals surface area (Å²) in [4.78, 5) is 26.4. The van der Waals surface area contributed by atoms with Gasteiger partial charge in [0.2, 0.25) is 0 Å². The van der Waals surface area contributed by atoms with E-state index in [4.69, 9.17) is 21.1 Å². The van der Waals surface area contributed by atoms with Gasteiger partial charge in [-0.1, -0.05) is 0 Å². The molecule has 5 nitrogen and oxygen atoms in total. The Labute approximate surface area is 200 Å². The van der Waals surface area contributed by atoms with Crippen molar-refractivity contribution in [1.82, 2.24) is 5.32 Å². The number of carbonyl (C=O) groups excluding carboxylic acids is 2. The zero-order valence-electron chi connectivity index (χ0n) is 18.5. The summed E-state index contributed by atoms with van der Waals surface area (Å²) in [6.45, 7) is 6.26. The Kier molecular flexibility index (Phi) is 8.41. The number of benzene rings is 2. The van der Waals surface area contributed by atoms with E-state index in [-0.39, 0.29) is 34.1 Å². The first-order valence-corrected chi connectivity index (χ1v) is 13.1. The molecule has 2 unspecified atom stereocenters. The van der Waals surface area contributed by atoms with E-state index in [0.29, 0.717) is 22.5 Å². The van der Waals surface area contributed by atoms with E-state index in [1.165, 1.54) is 4.46 Å². The van der Waals surface area contributed by atoms with Crippen molar-refractivity contribution >= 4 is 43.0 Å². The topological polar surface area (TPSA) is 64.6 Å². The molecule has 0 radical (unpaired) electrons. The number of carbonyl (C=O) groups is 2. The second-order valence-electron chi connectivity index (χ2n) is 7.69. The molecule has 2 aromatic rings. The summed E-state index contributed by atoms with van der Waals surface area (Å²) < 4.78 is 12.1. The number of esters is 2. The van der Waals surface area contributed by atoms with Gasteiger partial charge in [0.15, 0.2) is 0 Å². The van der Waals surface area contributed by atoms with Crippen molar-refractivity contribution in [3.8, 4) is 0 Å². The van der Waals surface area contributed by atoms with Gasteiger partial charge in [0.25, 0.3) is 0 Å². The van der Waals surface area contributed by atoms with E-state index in [1.54, 1.807) is 19.9 Å². The van der Waals surface area contributed by atoms with Crippen LogP contribution < -0.4 is 9.78 Å². The molecule has 1 heterocycles. The van der Waals surface area contributed by atoms with Crippen LogP contribution in [0.2, 0.25) is 10.3 Å². The van der Waals surface area contributed by atoms with Crippen LogP contribution in [0.1, 0.15) is 32.3 Å². The third-order valence-electron chi connectivity index (χ3n) is 5.47. The molecular weight excluding hydrogens is 493 g/mol. The summed E-state index contributed by atoms with van der Waals surface area (Å²) in [5, 5.41) is 4.61. The van der Waals surface area contributed by atoms with Gasteiger partial charge in [-0.3, -0.25) is 0 Å². The molecule has 0 bridgehead atoms. The van der Waals surface area contributed by atoms with E-state index >= 15 is 0 Å². The molecule has 2 atom stereocenters. The molecule has 0 saturated heterocycles. The SMILES string of the molecule is CCOC(=O)C1=C(C[Se]c2ccccc2)NCC(C)(C(=O)OCC)C1c1cccc(Cl)c1. The molecule has 7 heteroatoms. The van der Waals surface area contributed by atoms with Gasteiger partial charge in [0.05, 0.1) is 0 Å². The summed E-state index contributed by atoms with van der Waals surface area (Å²) in [5.41, 5.74) is 1.10. The van der Waals surface area contributed by atoms with Gasteiger partial charge in [-0.05, 0) is 0 Å². The average Bonchev–Trinajstić information content (AvgIpc) is 2.79. The Hall–Kier alpha value is -2.27. The van der Waals surface area contributed by atoms with E-state index in [2.05, 4.69) is 17.4 Å². The number of nitrogens with one attached hydrogen (secondary N) is 1. The molecule has 1 aliphatic rings. The first kappa shape index (κ1) is 24.4. The molecule has 0 amide bonds. The van der Waals surface area contributed by atoms with Crippen LogP contribution in [0.4, 0.5) is 0 Å². The molecule has 32 heavy (non-hydrogen) atoms. The maximum atomic E-state index is 13.3. The van der Waals surface area contributed by atoms with Crippen molar-refractivity contribution < 1.29 is 19.1 Å². The summed E-state index contributed by atoms with van der Waals surface area (Å²) in [5.74, 6) is -1.31. The molecule has 170 valence electrons. The van der Waals surface area contributed by atoms with E-state index in [1.807, 2.05) is 43.3 Å². The molecular formula is C25H28ClNO4Se. The Balaban J connectivity index is 2.12. The third-order valence-corrected chi connectivity index (χ3v) is 7.88. The molecule has 0 aliphatic carbocycles. The van der Waals surface area contributed by atoms with Gasteiger partial charge in [0.1, 0.15) is 0 Å². The van der Waals surface area contributed by atoms with Crippen LogP contribution in [0.3, 0.4) is 0 Å². The van der Waals surface area contributed by atoms with Crippen molar-refractivity contribution in [2.24, 2.45) is 5.41 Å². The first-order chi connectivity index (χ1) is 15.4. The van der Waals surface area contributed by atoms with Crippen molar-refractivity contribution in [1.29, 1.82) is 0 Å². The quantitative estimate of drug-likeness (QED) is 0.423. The fourth-order valence-corrected chi connectivity index (χ4v) is 6.06. The number of allylic oxidation sites excluding steroid dienone is 1. The molecule has 0 spiro atoms. The molecule has 0 saturated carbocycles. The maximum absolute atomic E-state index is 13.3. The van der Waals surface area contributed by atoms with Crippen LogP contribution in [-0.4, -0.2) is 46.7 Å². The summed E-state index contributed by atoms with van der Waals surface area (Å²) >= 11 is 6.41. The number of rotatable bonds is 8. The van der Waals surface area contributed by atoms with Crippen LogP contribution >= 0.6 is 11.6 Å². The van der Waals surface area contributed by atoms with Gasteiger partial charge in [-0.15, -0.1) is 0 Å². The zero-order chi connectivity index (χ0) is 23.1. The second-order valence-corrected chi connectivity index (χ2v) is 10.3. The first-order valence-electron chi connectivity index (χ1n) is 10.6. The predicted molar refractivity (Wildman–Crippen MR) is 127 cm³/mol. The van der Waals surface area contributed by atoms with E-state index in [0.717, 1.165) is 11.3 Å². The molecule has 1 N–H and O–H groups in total. The van der Waals surface area contributed by atoms with Gasteiger partial charge in [-0.25, -0.2) is 0 Å². The van der Waals surface area contributed by atoms with E-state index in [9.17, 15) is 9.59 Å². The Morgan fingerprint density at radius 3 is 2.47 bits per heavy atom. The number of hydrogen-bond acceptors (Lipinski definition) is 5.